The number of carbonyl (C=O) groups is 3. The Bertz CT molecular complexity index is 692. The van der Waals surface area contributed by atoms with E-state index in [1.165, 1.54) is 6.08 Å². The minimum Gasteiger partial charge on any atom is -0.350 e. The highest BCUT2D eigenvalue weighted by Gasteiger charge is 2.48. The molecule has 1 heterocycles. The molecule has 3 rings (SSSR count). The third-order valence-electron chi connectivity index (χ3n) is 4.50. The van der Waals surface area contributed by atoms with E-state index >= 15 is 0 Å². The van der Waals surface area contributed by atoms with Crippen LogP contribution in [0.25, 0.3) is 6.08 Å². The first-order valence-electron chi connectivity index (χ1n) is 7.85. The Hall–Kier alpha value is -2.34. The van der Waals surface area contributed by atoms with Crippen molar-refractivity contribution in [1.82, 2.24) is 16.0 Å². The van der Waals surface area contributed by atoms with Gasteiger partial charge in [0.15, 0.2) is 0 Å². The largest absolute Gasteiger partial charge is 0.350 e. The van der Waals surface area contributed by atoms with Crippen molar-refractivity contribution in [2.45, 2.75) is 37.3 Å². The third-order valence-corrected chi connectivity index (χ3v) is 4.75. The number of hydrogen-bond acceptors (Lipinski definition) is 3. The summed E-state index contributed by atoms with van der Waals surface area (Å²) in [7, 11) is 0. The highest BCUT2D eigenvalue weighted by Crippen LogP contribution is 2.30. The molecule has 1 saturated heterocycles. The summed E-state index contributed by atoms with van der Waals surface area (Å²) in [5.41, 5.74) is 0.0970. The van der Waals surface area contributed by atoms with Gasteiger partial charge in [0.2, 0.25) is 5.91 Å². The van der Waals surface area contributed by atoms with Crippen molar-refractivity contribution in [2.75, 3.05) is 0 Å². The first kappa shape index (κ1) is 16.5. The summed E-state index contributed by atoms with van der Waals surface area (Å²) in [5.74, 6) is -0.439. The van der Waals surface area contributed by atoms with Gasteiger partial charge in [0.1, 0.15) is 5.54 Å². The molecule has 0 bridgehead atoms. The van der Waals surface area contributed by atoms with Gasteiger partial charge in [-0.15, -0.1) is 0 Å². The van der Waals surface area contributed by atoms with Crippen molar-refractivity contribution in [3.8, 4) is 0 Å². The normalized spacial score (nSPS) is 26.5. The summed E-state index contributed by atoms with van der Waals surface area (Å²) < 4.78 is 0. The van der Waals surface area contributed by atoms with Crippen molar-refractivity contribution in [3.63, 3.8) is 0 Å². The molecule has 4 amide bonds. The van der Waals surface area contributed by atoms with Gasteiger partial charge in [-0.2, -0.15) is 0 Å². The third kappa shape index (κ3) is 3.59. The summed E-state index contributed by atoms with van der Waals surface area (Å²) in [6.07, 6.45) is 5.55. The fourth-order valence-corrected chi connectivity index (χ4v) is 3.26. The quantitative estimate of drug-likeness (QED) is 0.577. The van der Waals surface area contributed by atoms with Crippen molar-refractivity contribution >= 4 is 35.5 Å². The minimum absolute atomic E-state index is 0.00305. The van der Waals surface area contributed by atoms with E-state index < -0.39 is 11.6 Å². The maximum atomic E-state index is 12.0. The Morgan fingerprint density at radius 1 is 1.21 bits per heavy atom. The van der Waals surface area contributed by atoms with Crippen molar-refractivity contribution in [2.24, 2.45) is 0 Å². The summed E-state index contributed by atoms with van der Waals surface area (Å²) in [5, 5.41) is 8.57. The zero-order chi connectivity index (χ0) is 17.2. The molecule has 1 saturated carbocycles. The highest BCUT2D eigenvalue weighted by molar-refractivity contribution is 6.30. The average Bonchev–Trinajstić information content (AvgIpc) is 2.83. The van der Waals surface area contributed by atoms with Crippen LogP contribution in [0.2, 0.25) is 5.02 Å². The molecule has 1 aromatic carbocycles. The molecule has 2 fully saturated rings. The number of hydrogen-bond donors (Lipinski definition) is 3. The van der Waals surface area contributed by atoms with Gasteiger partial charge >= 0.3 is 6.03 Å². The van der Waals surface area contributed by atoms with Gasteiger partial charge in [-0.05, 0) is 49.5 Å². The lowest BCUT2D eigenvalue weighted by molar-refractivity contribution is -0.125. The number of imide groups is 1. The number of nitrogens with one attached hydrogen (secondary N) is 3. The van der Waals surface area contributed by atoms with Crippen molar-refractivity contribution in [1.29, 1.82) is 0 Å². The van der Waals surface area contributed by atoms with Gasteiger partial charge in [-0.25, -0.2) is 4.79 Å². The molecule has 2 aliphatic rings. The van der Waals surface area contributed by atoms with E-state index in [1.54, 1.807) is 18.2 Å². The molecule has 24 heavy (non-hydrogen) atoms. The van der Waals surface area contributed by atoms with Crippen LogP contribution in [0.15, 0.2) is 30.3 Å². The monoisotopic (exact) mass is 347 g/mol. The van der Waals surface area contributed by atoms with E-state index in [2.05, 4.69) is 16.0 Å². The molecule has 0 unspecified atom stereocenters. The van der Waals surface area contributed by atoms with Crippen LogP contribution in [0.5, 0.6) is 0 Å². The molecule has 0 atom stereocenters. The molecular formula is C17H18ClN3O3. The molecule has 6 nitrogen and oxygen atoms in total. The maximum absolute atomic E-state index is 12.0. The van der Waals surface area contributed by atoms with Gasteiger partial charge in [0.05, 0.1) is 0 Å². The van der Waals surface area contributed by atoms with E-state index in [9.17, 15) is 14.4 Å². The van der Waals surface area contributed by atoms with Crippen molar-refractivity contribution < 1.29 is 14.4 Å². The zero-order valence-corrected chi connectivity index (χ0v) is 13.7. The summed E-state index contributed by atoms with van der Waals surface area (Å²) >= 11 is 5.82. The number of carbonyl (C=O) groups excluding carboxylic acids is 3. The first-order chi connectivity index (χ1) is 11.5. The standard InChI is InChI=1S/C17H18ClN3O3/c18-12-4-1-11(2-5-12)3-6-14(22)19-13-7-9-17(10-8-13)15(23)20-16(24)21-17/h1-6,13H,7-10H2,(H,19,22)(H2,20,21,23,24)/b6-3+. The van der Waals surface area contributed by atoms with Crippen LogP contribution < -0.4 is 16.0 Å². The summed E-state index contributed by atoms with van der Waals surface area (Å²) in [6, 6.07) is 6.76. The Morgan fingerprint density at radius 3 is 2.46 bits per heavy atom. The predicted octanol–water partition coefficient (Wildman–Crippen LogP) is 1.99. The number of urea groups is 1. The second-order valence-corrected chi connectivity index (χ2v) is 6.59. The van der Waals surface area contributed by atoms with Gasteiger partial charge < -0.3 is 10.6 Å². The first-order valence-corrected chi connectivity index (χ1v) is 8.22. The molecule has 1 spiro atoms. The second kappa shape index (κ2) is 6.65. The number of halogens is 1. The molecule has 1 aromatic rings. The fraction of sp³-hybridized carbons (Fsp3) is 0.353. The molecule has 0 radical (unpaired) electrons. The number of amides is 4. The Kier molecular flexibility index (Phi) is 4.57. The van der Waals surface area contributed by atoms with Crippen LogP contribution in [0.3, 0.4) is 0 Å². The SMILES string of the molecule is O=C(/C=C/c1ccc(Cl)cc1)NC1CCC2(CC1)NC(=O)NC2=O. The Morgan fingerprint density at radius 2 is 1.88 bits per heavy atom. The van der Waals surface area contributed by atoms with Crippen LogP contribution in [0, 0.1) is 0 Å². The topological polar surface area (TPSA) is 87.3 Å². The molecule has 126 valence electrons. The molecule has 7 heteroatoms. The van der Waals surface area contributed by atoms with Crippen LogP contribution in [0.4, 0.5) is 4.79 Å². The fourth-order valence-electron chi connectivity index (χ4n) is 3.13. The van der Waals surface area contributed by atoms with E-state index in [1.807, 2.05) is 12.1 Å². The van der Waals surface area contributed by atoms with Gasteiger partial charge in [0, 0.05) is 17.1 Å². The van der Waals surface area contributed by atoms with E-state index in [0.717, 1.165) is 5.56 Å². The van der Waals surface area contributed by atoms with Crippen molar-refractivity contribution in [3.05, 3.63) is 40.9 Å². The maximum Gasteiger partial charge on any atom is 0.322 e. The second-order valence-electron chi connectivity index (χ2n) is 6.16. The van der Waals surface area contributed by atoms with Gasteiger partial charge in [0.25, 0.3) is 5.91 Å². The lowest BCUT2D eigenvalue weighted by Gasteiger charge is -2.34. The minimum atomic E-state index is -0.794. The van der Waals surface area contributed by atoms with Gasteiger partial charge in [-0.3, -0.25) is 14.9 Å². The van der Waals surface area contributed by atoms with Gasteiger partial charge in [-0.1, -0.05) is 23.7 Å². The highest BCUT2D eigenvalue weighted by atomic mass is 35.5. The Labute approximate surface area is 144 Å². The van der Waals surface area contributed by atoms with E-state index in [0.29, 0.717) is 30.7 Å². The summed E-state index contributed by atoms with van der Waals surface area (Å²) in [4.78, 5) is 35.2. The molecule has 3 N–H and O–H groups in total. The zero-order valence-electron chi connectivity index (χ0n) is 13.0. The number of benzene rings is 1. The molecule has 1 aliphatic heterocycles. The van der Waals surface area contributed by atoms with Crippen LogP contribution in [0.1, 0.15) is 31.2 Å². The van der Waals surface area contributed by atoms with E-state index in [-0.39, 0.29) is 17.9 Å². The Balaban J connectivity index is 1.51. The smallest absolute Gasteiger partial charge is 0.322 e. The molecule has 1 aliphatic carbocycles. The lowest BCUT2D eigenvalue weighted by Crippen LogP contribution is -2.52. The van der Waals surface area contributed by atoms with E-state index in [4.69, 9.17) is 11.6 Å². The van der Waals surface area contributed by atoms with Crippen LogP contribution in [-0.4, -0.2) is 29.4 Å². The van der Waals surface area contributed by atoms with Crippen LogP contribution >= 0.6 is 11.6 Å². The average molecular weight is 348 g/mol. The lowest BCUT2D eigenvalue weighted by atomic mass is 9.79. The predicted molar refractivity (Wildman–Crippen MR) is 90.3 cm³/mol. The number of rotatable bonds is 3. The van der Waals surface area contributed by atoms with Crippen LogP contribution in [-0.2, 0) is 9.59 Å². The summed E-state index contributed by atoms with van der Waals surface area (Å²) in [6.45, 7) is 0. The molecule has 0 aromatic heterocycles. The molecular weight excluding hydrogens is 330 g/mol.